The van der Waals surface area contributed by atoms with E-state index in [2.05, 4.69) is 17.1 Å². The van der Waals surface area contributed by atoms with Gasteiger partial charge in [-0.05, 0) is 45.2 Å². The van der Waals surface area contributed by atoms with Crippen molar-refractivity contribution in [2.75, 3.05) is 32.8 Å². The number of hydrogen-bond donors (Lipinski definition) is 1. The summed E-state index contributed by atoms with van der Waals surface area (Å²) in [5, 5.41) is 3.66. The molecule has 2 rings (SSSR count). The monoisotopic (exact) mass is 268 g/mol. The van der Waals surface area contributed by atoms with Crippen molar-refractivity contribution in [3.63, 3.8) is 0 Å². The predicted molar refractivity (Wildman–Crippen MR) is 80.6 cm³/mol. The Morgan fingerprint density at radius 1 is 1.11 bits per heavy atom. The highest BCUT2D eigenvalue weighted by atomic mass is 16.5. The molecule has 1 atom stereocenters. The van der Waals surface area contributed by atoms with Crippen LogP contribution in [0.5, 0.6) is 0 Å². The van der Waals surface area contributed by atoms with Crippen LogP contribution in [0.1, 0.15) is 58.3 Å². The van der Waals surface area contributed by atoms with Crippen molar-refractivity contribution < 1.29 is 4.74 Å². The van der Waals surface area contributed by atoms with Gasteiger partial charge in [0.05, 0.1) is 12.7 Å². The molecular weight excluding hydrogens is 236 g/mol. The molecule has 3 heteroatoms. The molecule has 1 N–H and O–H groups in total. The molecule has 0 amide bonds. The highest BCUT2D eigenvalue weighted by Gasteiger charge is 2.19. The van der Waals surface area contributed by atoms with E-state index in [4.69, 9.17) is 4.74 Å². The zero-order chi connectivity index (χ0) is 13.3. The molecule has 0 spiro atoms. The predicted octanol–water partition coefficient (Wildman–Crippen LogP) is 2.80. The first-order chi connectivity index (χ1) is 9.38. The molecule has 1 saturated heterocycles. The summed E-state index contributed by atoms with van der Waals surface area (Å²) in [5.74, 6) is 0. The van der Waals surface area contributed by atoms with Gasteiger partial charge in [-0.15, -0.1) is 0 Å². The van der Waals surface area contributed by atoms with Crippen LogP contribution in [0.15, 0.2) is 0 Å². The minimum Gasteiger partial charge on any atom is -0.377 e. The van der Waals surface area contributed by atoms with Gasteiger partial charge in [-0.25, -0.2) is 0 Å². The van der Waals surface area contributed by atoms with Crippen LogP contribution in [0.3, 0.4) is 0 Å². The Bertz CT molecular complexity index is 229. The van der Waals surface area contributed by atoms with Gasteiger partial charge in [-0.3, -0.25) is 4.90 Å². The summed E-state index contributed by atoms with van der Waals surface area (Å²) in [6, 6.07) is 0.711. The highest BCUT2D eigenvalue weighted by molar-refractivity contribution is 4.78. The van der Waals surface area contributed by atoms with Gasteiger partial charge in [0.1, 0.15) is 0 Å². The fourth-order valence-electron chi connectivity index (χ4n) is 3.35. The number of hydrogen-bond acceptors (Lipinski definition) is 3. The molecule has 0 aromatic carbocycles. The van der Waals surface area contributed by atoms with Crippen LogP contribution in [-0.4, -0.2) is 49.8 Å². The SMILES string of the molecule is CCCNC1CCCN(CCOC2CCCCC2)C1. The van der Waals surface area contributed by atoms with Crippen molar-refractivity contribution in [2.45, 2.75) is 70.4 Å². The van der Waals surface area contributed by atoms with Crippen LogP contribution >= 0.6 is 0 Å². The summed E-state index contributed by atoms with van der Waals surface area (Å²) in [4.78, 5) is 2.58. The van der Waals surface area contributed by atoms with Crippen LogP contribution in [0.4, 0.5) is 0 Å². The number of nitrogens with one attached hydrogen (secondary N) is 1. The molecule has 0 bridgehead atoms. The van der Waals surface area contributed by atoms with Gasteiger partial charge >= 0.3 is 0 Å². The molecule has 3 nitrogen and oxygen atoms in total. The molecule has 2 fully saturated rings. The molecule has 112 valence electrons. The second kappa shape index (κ2) is 8.93. The van der Waals surface area contributed by atoms with Crippen LogP contribution in [0.25, 0.3) is 0 Å². The van der Waals surface area contributed by atoms with Crippen molar-refractivity contribution in [1.82, 2.24) is 10.2 Å². The molecule has 19 heavy (non-hydrogen) atoms. The Balaban J connectivity index is 1.56. The fourth-order valence-corrected chi connectivity index (χ4v) is 3.35. The maximum Gasteiger partial charge on any atom is 0.0597 e. The van der Waals surface area contributed by atoms with E-state index in [9.17, 15) is 0 Å². The largest absolute Gasteiger partial charge is 0.377 e. The van der Waals surface area contributed by atoms with Crippen molar-refractivity contribution in [3.05, 3.63) is 0 Å². The maximum atomic E-state index is 6.04. The first kappa shape index (κ1) is 15.3. The molecule has 0 radical (unpaired) electrons. The van der Waals surface area contributed by atoms with Gasteiger partial charge in [0.2, 0.25) is 0 Å². The van der Waals surface area contributed by atoms with Crippen molar-refractivity contribution in [2.24, 2.45) is 0 Å². The minimum atomic E-state index is 0.563. The Morgan fingerprint density at radius 2 is 1.95 bits per heavy atom. The van der Waals surface area contributed by atoms with E-state index in [0.717, 1.165) is 19.7 Å². The van der Waals surface area contributed by atoms with Crippen molar-refractivity contribution in [1.29, 1.82) is 0 Å². The van der Waals surface area contributed by atoms with Crippen LogP contribution < -0.4 is 5.32 Å². The molecule has 1 aliphatic carbocycles. The highest BCUT2D eigenvalue weighted by Crippen LogP contribution is 2.20. The topological polar surface area (TPSA) is 24.5 Å². The van der Waals surface area contributed by atoms with Crippen LogP contribution in [0, 0.1) is 0 Å². The molecular formula is C16H32N2O. The molecule has 1 heterocycles. The van der Waals surface area contributed by atoms with E-state index in [1.165, 1.54) is 64.5 Å². The summed E-state index contributed by atoms with van der Waals surface area (Å²) in [5.41, 5.74) is 0. The molecule has 1 saturated carbocycles. The van der Waals surface area contributed by atoms with E-state index in [1.807, 2.05) is 0 Å². The first-order valence-electron chi connectivity index (χ1n) is 8.46. The van der Waals surface area contributed by atoms with Gasteiger partial charge in [0.15, 0.2) is 0 Å². The third-order valence-electron chi connectivity index (χ3n) is 4.50. The zero-order valence-electron chi connectivity index (χ0n) is 12.7. The average molecular weight is 268 g/mol. The average Bonchev–Trinajstić information content (AvgIpc) is 2.47. The lowest BCUT2D eigenvalue weighted by Gasteiger charge is -2.33. The Labute approximate surface area is 119 Å². The third kappa shape index (κ3) is 5.80. The molecule has 1 unspecified atom stereocenters. The maximum absolute atomic E-state index is 6.04. The zero-order valence-corrected chi connectivity index (χ0v) is 12.7. The van der Waals surface area contributed by atoms with E-state index < -0.39 is 0 Å². The number of nitrogens with zero attached hydrogens (tertiary/aromatic N) is 1. The number of ether oxygens (including phenoxy) is 1. The Morgan fingerprint density at radius 3 is 2.74 bits per heavy atom. The first-order valence-corrected chi connectivity index (χ1v) is 8.46. The lowest BCUT2D eigenvalue weighted by Crippen LogP contribution is -2.46. The number of piperidine rings is 1. The Kier molecular flexibility index (Phi) is 7.18. The summed E-state index contributed by atoms with van der Waals surface area (Å²) in [6.45, 7) is 7.95. The quantitative estimate of drug-likeness (QED) is 0.768. The normalized spacial score (nSPS) is 26.7. The molecule has 0 aromatic heterocycles. The molecule has 0 aromatic rings. The number of rotatable bonds is 7. The lowest BCUT2D eigenvalue weighted by molar-refractivity contribution is 0.0122. The van der Waals surface area contributed by atoms with Gasteiger partial charge in [0.25, 0.3) is 0 Å². The standard InChI is InChI=1S/C16H32N2O/c1-2-10-17-15-7-6-11-18(14-15)12-13-19-16-8-4-3-5-9-16/h15-17H,2-14H2,1H3. The molecule has 1 aliphatic heterocycles. The summed E-state index contributed by atoms with van der Waals surface area (Å²) < 4.78 is 6.04. The van der Waals surface area contributed by atoms with Crippen LogP contribution in [-0.2, 0) is 4.74 Å². The number of likely N-dealkylation sites (tertiary alicyclic amines) is 1. The van der Waals surface area contributed by atoms with Crippen molar-refractivity contribution in [3.8, 4) is 0 Å². The van der Waals surface area contributed by atoms with E-state index >= 15 is 0 Å². The van der Waals surface area contributed by atoms with Gasteiger partial charge < -0.3 is 10.1 Å². The van der Waals surface area contributed by atoms with Gasteiger partial charge in [-0.1, -0.05) is 26.2 Å². The second-order valence-electron chi connectivity index (χ2n) is 6.22. The van der Waals surface area contributed by atoms with E-state index in [1.54, 1.807) is 0 Å². The van der Waals surface area contributed by atoms with Crippen molar-refractivity contribution >= 4 is 0 Å². The lowest BCUT2D eigenvalue weighted by atomic mass is 9.98. The Hall–Kier alpha value is -0.120. The fraction of sp³-hybridized carbons (Fsp3) is 1.00. The van der Waals surface area contributed by atoms with E-state index in [0.29, 0.717) is 12.1 Å². The van der Waals surface area contributed by atoms with E-state index in [-0.39, 0.29) is 0 Å². The smallest absolute Gasteiger partial charge is 0.0597 e. The van der Waals surface area contributed by atoms with Gasteiger partial charge in [0, 0.05) is 19.1 Å². The summed E-state index contributed by atoms with van der Waals surface area (Å²) in [6.07, 6.45) is 11.2. The summed E-state index contributed by atoms with van der Waals surface area (Å²) >= 11 is 0. The summed E-state index contributed by atoms with van der Waals surface area (Å²) in [7, 11) is 0. The molecule has 2 aliphatic rings. The van der Waals surface area contributed by atoms with Crippen LogP contribution in [0.2, 0.25) is 0 Å². The second-order valence-corrected chi connectivity index (χ2v) is 6.22. The van der Waals surface area contributed by atoms with Gasteiger partial charge in [-0.2, -0.15) is 0 Å². The third-order valence-corrected chi connectivity index (χ3v) is 4.50. The minimum absolute atomic E-state index is 0.563.